The van der Waals surface area contributed by atoms with Gasteiger partial charge in [-0.3, -0.25) is 0 Å². The van der Waals surface area contributed by atoms with Gasteiger partial charge in [-0.1, -0.05) is 31.5 Å². The Balaban J connectivity index is 2.24. The Labute approximate surface area is 210 Å². The van der Waals surface area contributed by atoms with E-state index in [1.165, 1.54) is 43.5 Å². The fourth-order valence-electron chi connectivity index (χ4n) is 4.45. The van der Waals surface area contributed by atoms with Gasteiger partial charge in [-0.15, -0.1) is 0 Å². The van der Waals surface area contributed by atoms with Crippen LogP contribution in [0.1, 0.15) is 36.3 Å². The van der Waals surface area contributed by atoms with Crippen molar-refractivity contribution in [3.8, 4) is 34.4 Å². The number of carboxylic acid groups (broad SMARTS) is 1. The molecule has 0 aliphatic carbocycles. The molecule has 4 rings (SSSR count). The van der Waals surface area contributed by atoms with E-state index in [2.05, 4.69) is 6.07 Å². The van der Waals surface area contributed by atoms with Crippen LogP contribution >= 0.6 is 11.6 Å². The van der Waals surface area contributed by atoms with Crippen molar-refractivity contribution in [2.24, 2.45) is 0 Å². The Hall–Kier alpha value is -4.09. The SMILES string of the molecule is COc1cc(-n2c(C(C)(C)CC#N)c(-c3ccc(C(=O)O)cc3F)c3c(O)cc(Cl)cc32)ccc1F. The fourth-order valence-corrected chi connectivity index (χ4v) is 4.66. The average Bonchev–Trinajstić information content (AvgIpc) is 3.15. The number of hydrogen-bond donors (Lipinski definition) is 2. The number of aromatic nitrogens is 1. The maximum absolute atomic E-state index is 15.5. The summed E-state index contributed by atoms with van der Waals surface area (Å²) in [5.41, 5.74) is 0.372. The van der Waals surface area contributed by atoms with Gasteiger partial charge in [-0.2, -0.15) is 5.26 Å². The van der Waals surface area contributed by atoms with Crippen LogP contribution in [0.25, 0.3) is 27.7 Å². The first kappa shape index (κ1) is 25.0. The standard InChI is InChI=1S/C27H21ClF2N2O4/c1-27(2,8-9-31)25-23(17-6-4-14(26(34)35)10-19(17)30)24-20(11-15(28)12-21(24)33)32(25)16-5-7-18(29)22(13-16)36-3/h4-7,10-13,33H,8H2,1-3H3,(H,34,35). The highest BCUT2D eigenvalue weighted by Crippen LogP contribution is 2.48. The Morgan fingerprint density at radius 3 is 2.47 bits per heavy atom. The zero-order valence-corrected chi connectivity index (χ0v) is 20.3. The fraction of sp³-hybridized carbons (Fsp3) is 0.185. The van der Waals surface area contributed by atoms with Gasteiger partial charge in [0.2, 0.25) is 0 Å². The molecule has 0 amide bonds. The summed E-state index contributed by atoms with van der Waals surface area (Å²) in [6.45, 7) is 3.57. The first-order valence-corrected chi connectivity index (χ1v) is 11.2. The Kier molecular flexibility index (Phi) is 6.37. The highest BCUT2D eigenvalue weighted by molar-refractivity contribution is 6.31. The zero-order valence-electron chi connectivity index (χ0n) is 19.6. The maximum atomic E-state index is 15.5. The molecule has 0 atom stereocenters. The van der Waals surface area contributed by atoms with Gasteiger partial charge < -0.3 is 19.5 Å². The number of methoxy groups -OCH3 is 1. The Morgan fingerprint density at radius 2 is 1.86 bits per heavy atom. The lowest BCUT2D eigenvalue weighted by Gasteiger charge is -2.27. The molecule has 4 aromatic rings. The smallest absolute Gasteiger partial charge is 0.335 e. The molecule has 184 valence electrons. The van der Waals surface area contributed by atoms with Crippen LogP contribution in [0.15, 0.2) is 48.5 Å². The second-order valence-corrected chi connectivity index (χ2v) is 9.35. The maximum Gasteiger partial charge on any atom is 0.335 e. The molecule has 0 unspecified atom stereocenters. The van der Waals surface area contributed by atoms with E-state index in [1.54, 1.807) is 24.5 Å². The zero-order chi connectivity index (χ0) is 26.4. The first-order chi connectivity index (χ1) is 17.0. The Bertz CT molecular complexity index is 1570. The largest absolute Gasteiger partial charge is 0.507 e. The number of carbonyl (C=O) groups is 1. The monoisotopic (exact) mass is 510 g/mol. The van der Waals surface area contributed by atoms with Crippen LogP contribution in [0.4, 0.5) is 8.78 Å². The van der Waals surface area contributed by atoms with E-state index in [-0.39, 0.29) is 45.0 Å². The number of nitrogens with zero attached hydrogens (tertiary/aromatic N) is 2. The number of hydrogen-bond acceptors (Lipinski definition) is 4. The molecule has 6 nitrogen and oxygen atoms in total. The predicted molar refractivity (Wildman–Crippen MR) is 132 cm³/mol. The van der Waals surface area contributed by atoms with E-state index in [0.717, 1.165) is 6.07 Å². The number of nitriles is 1. The summed E-state index contributed by atoms with van der Waals surface area (Å²) in [6, 6.07) is 12.7. The number of carboxylic acids is 1. The van der Waals surface area contributed by atoms with E-state index in [1.807, 2.05) is 0 Å². The van der Waals surface area contributed by atoms with Gasteiger partial charge in [-0.25, -0.2) is 13.6 Å². The molecule has 1 heterocycles. The molecule has 2 N–H and O–H groups in total. The van der Waals surface area contributed by atoms with Crippen molar-refractivity contribution >= 4 is 28.5 Å². The van der Waals surface area contributed by atoms with Crippen molar-refractivity contribution in [2.45, 2.75) is 25.7 Å². The number of ether oxygens (including phenoxy) is 1. The second-order valence-electron chi connectivity index (χ2n) is 8.92. The number of aromatic hydroxyl groups is 1. The van der Waals surface area contributed by atoms with Crippen molar-refractivity contribution in [1.29, 1.82) is 5.26 Å². The summed E-state index contributed by atoms with van der Waals surface area (Å²) >= 11 is 6.29. The third kappa shape index (κ3) is 4.12. The molecular weight excluding hydrogens is 490 g/mol. The molecule has 0 radical (unpaired) electrons. The predicted octanol–water partition coefficient (Wildman–Crippen LogP) is 6.83. The number of fused-ring (bicyclic) bond motifs is 1. The molecule has 0 aliphatic heterocycles. The quantitative estimate of drug-likeness (QED) is 0.296. The first-order valence-electron chi connectivity index (χ1n) is 10.8. The molecule has 0 bridgehead atoms. The normalized spacial score (nSPS) is 11.5. The minimum Gasteiger partial charge on any atom is -0.507 e. The van der Waals surface area contributed by atoms with E-state index in [0.29, 0.717) is 16.9 Å². The molecule has 0 saturated heterocycles. The molecular formula is C27H21ClF2N2O4. The number of benzene rings is 3. The van der Waals surface area contributed by atoms with Crippen LogP contribution in [-0.4, -0.2) is 27.9 Å². The van der Waals surface area contributed by atoms with Crippen LogP contribution < -0.4 is 4.74 Å². The summed E-state index contributed by atoms with van der Waals surface area (Å²) in [5, 5.41) is 30.3. The molecule has 0 aliphatic rings. The summed E-state index contributed by atoms with van der Waals surface area (Å²) in [4.78, 5) is 11.4. The molecule has 0 fully saturated rings. The van der Waals surface area contributed by atoms with Crippen molar-refractivity contribution < 1.29 is 28.5 Å². The van der Waals surface area contributed by atoms with Crippen LogP contribution in [0.5, 0.6) is 11.5 Å². The van der Waals surface area contributed by atoms with Crippen molar-refractivity contribution in [3.63, 3.8) is 0 Å². The van der Waals surface area contributed by atoms with Crippen molar-refractivity contribution in [1.82, 2.24) is 4.57 Å². The lowest BCUT2D eigenvalue weighted by atomic mass is 9.81. The summed E-state index contributed by atoms with van der Waals surface area (Å²) in [6.07, 6.45) is 0.0119. The molecule has 36 heavy (non-hydrogen) atoms. The highest BCUT2D eigenvalue weighted by atomic mass is 35.5. The van der Waals surface area contributed by atoms with E-state index in [9.17, 15) is 24.7 Å². The van der Waals surface area contributed by atoms with Crippen molar-refractivity contribution in [2.75, 3.05) is 7.11 Å². The van der Waals surface area contributed by atoms with E-state index >= 15 is 4.39 Å². The van der Waals surface area contributed by atoms with Crippen molar-refractivity contribution in [3.05, 3.63) is 76.4 Å². The van der Waals surface area contributed by atoms with Gasteiger partial charge in [0.15, 0.2) is 11.6 Å². The molecule has 9 heteroatoms. The highest BCUT2D eigenvalue weighted by Gasteiger charge is 2.34. The second kappa shape index (κ2) is 9.17. The average molecular weight is 511 g/mol. The van der Waals surface area contributed by atoms with Gasteiger partial charge in [0.05, 0.1) is 29.6 Å². The minimum absolute atomic E-state index is 0.0119. The molecule has 0 saturated carbocycles. The third-order valence-electron chi connectivity index (χ3n) is 6.05. The van der Waals surface area contributed by atoms with Gasteiger partial charge in [-0.05, 0) is 36.4 Å². The summed E-state index contributed by atoms with van der Waals surface area (Å²) < 4.78 is 36.6. The van der Waals surface area contributed by atoms with E-state index < -0.39 is 23.0 Å². The summed E-state index contributed by atoms with van der Waals surface area (Å²) in [5.74, 6) is -2.99. The molecule has 1 aromatic heterocycles. The topological polar surface area (TPSA) is 95.5 Å². The molecule has 0 spiro atoms. The minimum atomic E-state index is -1.29. The van der Waals surface area contributed by atoms with Crippen LogP contribution in [-0.2, 0) is 5.41 Å². The number of rotatable bonds is 6. The molecule has 3 aromatic carbocycles. The van der Waals surface area contributed by atoms with Crippen LogP contribution in [0.2, 0.25) is 5.02 Å². The van der Waals surface area contributed by atoms with Gasteiger partial charge in [0.1, 0.15) is 11.6 Å². The van der Waals surface area contributed by atoms with Gasteiger partial charge >= 0.3 is 5.97 Å². The van der Waals surface area contributed by atoms with Crippen LogP contribution in [0, 0.1) is 23.0 Å². The number of halogens is 3. The van der Waals surface area contributed by atoms with E-state index in [4.69, 9.17) is 16.3 Å². The lowest BCUT2D eigenvalue weighted by molar-refractivity contribution is 0.0696. The Morgan fingerprint density at radius 1 is 1.14 bits per heavy atom. The van der Waals surface area contributed by atoms with Crippen LogP contribution in [0.3, 0.4) is 0 Å². The summed E-state index contributed by atoms with van der Waals surface area (Å²) in [7, 11) is 1.32. The third-order valence-corrected chi connectivity index (χ3v) is 6.27. The number of phenols is 1. The van der Waals surface area contributed by atoms with Gasteiger partial charge in [0, 0.05) is 45.4 Å². The van der Waals surface area contributed by atoms with Gasteiger partial charge in [0.25, 0.3) is 0 Å². The lowest BCUT2D eigenvalue weighted by Crippen LogP contribution is -2.22. The number of phenolic OH excluding ortho intramolecular Hbond substituents is 1. The number of aromatic carboxylic acids is 1.